The van der Waals surface area contributed by atoms with Crippen molar-refractivity contribution in [2.75, 3.05) is 13.7 Å². The zero-order valence-corrected chi connectivity index (χ0v) is 12.4. The van der Waals surface area contributed by atoms with Crippen molar-refractivity contribution in [3.8, 4) is 0 Å². The standard InChI is InChI=1S/C14H28N2O3/c1-4-14(18,5-2)10-15-13(17)16-11-8-6-7-9-12(11)19-3/h11-12,18H,4-10H2,1-3H3,(H2,15,16,17). The third kappa shape index (κ3) is 4.99. The summed E-state index contributed by atoms with van der Waals surface area (Å²) in [7, 11) is 1.69. The quantitative estimate of drug-likeness (QED) is 0.690. The number of hydrogen-bond donors (Lipinski definition) is 3. The van der Waals surface area contributed by atoms with Crippen LogP contribution in [0.3, 0.4) is 0 Å². The van der Waals surface area contributed by atoms with Crippen molar-refractivity contribution in [3.63, 3.8) is 0 Å². The van der Waals surface area contributed by atoms with Gasteiger partial charge in [0.25, 0.3) is 0 Å². The van der Waals surface area contributed by atoms with E-state index >= 15 is 0 Å². The summed E-state index contributed by atoms with van der Waals surface area (Å²) >= 11 is 0. The van der Waals surface area contributed by atoms with Gasteiger partial charge < -0.3 is 20.5 Å². The van der Waals surface area contributed by atoms with Crippen LogP contribution < -0.4 is 10.6 Å². The third-order valence-corrected chi connectivity index (χ3v) is 4.22. The zero-order valence-electron chi connectivity index (χ0n) is 12.4. The number of rotatable bonds is 6. The molecule has 1 saturated carbocycles. The van der Waals surface area contributed by atoms with Crippen LogP contribution in [0.2, 0.25) is 0 Å². The summed E-state index contributed by atoms with van der Waals surface area (Å²) in [6.07, 6.45) is 5.60. The van der Waals surface area contributed by atoms with Gasteiger partial charge >= 0.3 is 6.03 Å². The summed E-state index contributed by atoms with van der Waals surface area (Å²) in [6, 6.07) is -0.135. The van der Waals surface area contributed by atoms with Crippen molar-refractivity contribution >= 4 is 6.03 Å². The average Bonchev–Trinajstić information content (AvgIpc) is 2.45. The first-order valence-corrected chi connectivity index (χ1v) is 7.34. The van der Waals surface area contributed by atoms with Crippen molar-refractivity contribution < 1.29 is 14.6 Å². The highest BCUT2D eigenvalue weighted by Gasteiger charge is 2.27. The van der Waals surface area contributed by atoms with Crippen LogP contribution in [-0.2, 0) is 4.74 Å². The first-order chi connectivity index (χ1) is 9.04. The van der Waals surface area contributed by atoms with E-state index in [0.29, 0.717) is 12.8 Å². The monoisotopic (exact) mass is 272 g/mol. The van der Waals surface area contributed by atoms with E-state index in [9.17, 15) is 9.90 Å². The highest BCUT2D eigenvalue weighted by Crippen LogP contribution is 2.20. The molecule has 2 amide bonds. The number of methoxy groups -OCH3 is 1. The second-order valence-electron chi connectivity index (χ2n) is 5.42. The molecule has 0 heterocycles. The van der Waals surface area contributed by atoms with Crippen LogP contribution in [0.25, 0.3) is 0 Å². The number of nitrogens with one attached hydrogen (secondary N) is 2. The van der Waals surface area contributed by atoms with Gasteiger partial charge in [-0.3, -0.25) is 0 Å². The second-order valence-corrected chi connectivity index (χ2v) is 5.42. The maximum Gasteiger partial charge on any atom is 0.315 e. The molecule has 0 aromatic carbocycles. The van der Waals surface area contributed by atoms with E-state index in [0.717, 1.165) is 25.7 Å². The van der Waals surface area contributed by atoms with Crippen molar-refractivity contribution in [1.82, 2.24) is 10.6 Å². The Morgan fingerprint density at radius 1 is 1.32 bits per heavy atom. The Balaban J connectivity index is 2.37. The van der Waals surface area contributed by atoms with Crippen molar-refractivity contribution in [2.24, 2.45) is 0 Å². The average molecular weight is 272 g/mol. The number of carbonyl (C=O) groups is 1. The van der Waals surface area contributed by atoms with Crippen LogP contribution in [-0.4, -0.2) is 42.5 Å². The summed E-state index contributed by atoms with van der Waals surface area (Å²) < 4.78 is 5.40. The molecule has 1 aliphatic carbocycles. The van der Waals surface area contributed by atoms with E-state index in [1.165, 1.54) is 0 Å². The highest BCUT2D eigenvalue weighted by atomic mass is 16.5. The molecule has 0 bridgehead atoms. The molecule has 19 heavy (non-hydrogen) atoms. The number of carbonyl (C=O) groups excluding carboxylic acids is 1. The molecule has 0 aromatic rings. The van der Waals surface area contributed by atoms with Crippen molar-refractivity contribution in [3.05, 3.63) is 0 Å². The molecule has 0 radical (unpaired) electrons. The van der Waals surface area contributed by atoms with Crippen LogP contribution in [0.5, 0.6) is 0 Å². The molecule has 5 heteroatoms. The van der Waals surface area contributed by atoms with Crippen LogP contribution in [0.1, 0.15) is 52.4 Å². The summed E-state index contributed by atoms with van der Waals surface area (Å²) in [6.45, 7) is 4.13. The van der Waals surface area contributed by atoms with E-state index < -0.39 is 5.60 Å². The first kappa shape index (κ1) is 16.2. The molecule has 2 atom stereocenters. The van der Waals surface area contributed by atoms with Gasteiger partial charge in [-0.15, -0.1) is 0 Å². The van der Waals surface area contributed by atoms with Gasteiger partial charge in [0.05, 0.1) is 17.7 Å². The molecule has 0 spiro atoms. The first-order valence-electron chi connectivity index (χ1n) is 7.34. The number of ether oxygens (including phenoxy) is 1. The Labute approximate surface area is 116 Å². The zero-order chi connectivity index (χ0) is 14.3. The Morgan fingerprint density at radius 2 is 1.95 bits per heavy atom. The lowest BCUT2D eigenvalue weighted by atomic mass is 9.92. The Hall–Kier alpha value is -0.810. The predicted molar refractivity (Wildman–Crippen MR) is 75.1 cm³/mol. The third-order valence-electron chi connectivity index (χ3n) is 4.22. The van der Waals surface area contributed by atoms with E-state index in [1.807, 2.05) is 13.8 Å². The maximum atomic E-state index is 11.9. The van der Waals surface area contributed by atoms with Crippen LogP contribution in [0, 0.1) is 0 Å². The molecular weight excluding hydrogens is 244 g/mol. The van der Waals surface area contributed by atoms with Crippen LogP contribution in [0.4, 0.5) is 4.79 Å². The molecule has 3 N–H and O–H groups in total. The molecule has 1 rings (SSSR count). The second kappa shape index (κ2) is 7.70. The molecule has 0 aromatic heterocycles. The normalized spacial score (nSPS) is 24.0. The minimum absolute atomic E-state index is 0.0788. The summed E-state index contributed by atoms with van der Waals surface area (Å²) in [5, 5.41) is 15.8. The topological polar surface area (TPSA) is 70.6 Å². The van der Waals surface area contributed by atoms with E-state index in [4.69, 9.17) is 4.74 Å². The molecule has 0 aliphatic heterocycles. The number of amides is 2. The minimum atomic E-state index is -0.801. The number of hydrogen-bond acceptors (Lipinski definition) is 3. The maximum absolute atomic E-state index is 11.9. The van der Waals surface area contributed by atoms with Crippen LogP contribution >= 0.6 is 0 Å². The molecule has 2 unspecified atom stereocenters. The fourth-order valence-electron chi connectivity index (χ4n) is 2.51. The van der Waals surface area contributed by atoms with Gasteiger partial charge in [0, 0.05) is 13.7 Å². The van der Waals surface area contributed by atoms with Gasteiger partial charge in [0.1, 0.15) is 0 Å². The minimum Gasteiger partial charge on any atom is -0.388 e. The molecule has 0 saturated heterocycles. The smallest absolute Gasteiger partial charge is 0.315 e. The molecule has 1 aliphatic rings. The lowest BCUT2D eigenvalue weighted by molar-refractivity contribution is 0.0322. The Morgan fingerprint density at radius 3 is 2.53 bits per heavy atom. The number of urea groups is 1. The lowest BCUT2D eigenvalue weighted by Crippen LogP contribution is -2.52. The summed E-state index contributed by atoms with van der Waals surface area (Å²) in [4.78, 5) is 11.9. The van der Waals surface area contributed by atoms with Crippen molar-refractivity contribution in [2.45, 2.75) is 70.1 Å². The molecule has 112 valence electrons. The SMILES string of the molecule is CCC(O)(CC)CNC(=O)NC1CCCCC1OC. The predicted octanol–water partition coefficient (Wildman–Crippen LogP) is 1.79. The van der Waals surface area contributed by atoms with Gasteiger partial charge in [-0.1, -0.05) is 26.7 Å². The lowest BCUT2D eigenvalue weighted by Gasteiger charge is -2.32. The van der Waals surface area contributed by atoms with E-state index in [-0.39, 0.29) is 24.7 Å². The highest BCUT2D eigenvalue weighted by molar-refractivity contribution is 5.74. The van der Waals surface area contributed by atoms with Gasteiger partial charge in [0.15, 0.2) is 0 Å². The van der Waals surface area contributed by atoms with E-state index in [1.54, 1.807) is 7.11 Å². The van der Waals surface area contributed by atoms with Gasteiger partial charge in [0.2, 0.25) is 0 Å². The molecule has 5 nitrogen and oxygen atoms in total. The Bertz CT molecular complexity index is 280. The summed E-state index contributed by atoms with van der Waals surface area (Å²) in [5.41, 5.74) is -0.801. The van der Waals surface area contributed by atoms with Gasteiger partial charge in [-0.05, 0) is 25.7 Å². The fraction of sp³-hybridized carbons (Fsp3) is 0.929. The fourth-order valence-corrected chi connectivity index (χ4v) is 2.51. The summed E-state index contributed by atoms with van der Waals surface area (Å²) in [5.74, 6) is 0. The largest absolute Gasteiger partial charge is 0.388 e. The number of aliphatic hydroxyl groups is 1. The van der Waals surface area contributed by atoms with Gasteiger partial charge in [-0.25, -0.2) is 4.79 Å². The molecule has 1 fully saturated rings. The van der Waals surface area contributed by atoms with Gasteiger partial charge in [-0.2, -0.15) is 0 Å². The molecular formula is C14H28N2O3. The van der Waals surface area contributed by atoms with Crippen LogP contribution in [0.15, 0.2) is 0 Å². The van der Waals surface area contributed by atoms with E-state index in [2.05, 4.69) is 10.6 Å². The van der Waals surface area contributed by atoms with Crippen molar-refractivity contribution in [1.29, 1.82) is 0 Å². The Kier molecular flexibility index (Phi) is 6.58.